The first-order chi connectivity index (χ1) is 26.8. The van der Waals surface area contributed by atoms with Crippen LogP contribution in [0.3, 0.4) is 0 Å². The second kappa shape index (κ2) is 20.0. The Bertz CT molecular complexity index is 1950. The molecule has 0 aliphatic heterocycles. The average Bonchev–Trinajstić information content (AvgIpc) is 3.29. The van der Waals surface area contributed by atoms with Crippen molar-refractivity contribution < 1.29 is 20.1 Å². The van der Waals surface area contributed by atoms with E-state index in [0.29, 0.717) is 0 Å². The Hall–Kier alpha value is -6.58. The summed E-state index contributed by atoms with van der Waals surface area (Å²) in [7, 11) is 0. The van der Waals surface area contributed by atoms with Gasteiger partial charge in [0.15, 0.2) is 0 Å². The molecule has 0 atom stereocenters. The largest absolute Gasteiger partial charge is 0.256 e. The molecule has 0 unspecified atom stereocenters. The van der Waals surface area contributed by atoms with Gasteiger partial charge in [-0.05, 0) is 34.9 Å². The summed E-state index contributed by atoms with van der Waals surface area (Å²) in [6.07, 6.45) is 5.78. The van der Waals surface area contributed by atoms with Gasteiger partial charge in [-0.3, -0.25) is 15.0 Å². The summed E-state index contributed by atoms with van der Waals surface area (Å²) in [4.78, 5) is 13.6. The quantitative estimate of drug-likeness (QED) is 0.167. The summed E-state index contributed by atoms with van der Waals surface area (Å²) in [5, 5.41) is 0. The van der Waals surface area contributed by atoms with Gasteiger partial charge in [0.05, 0.1) is 17.1 Å². The molecule has 3 heterocycles. The minimum Gasteiger partial charge on any atom is -0.256 e. The van der Waals surface area contributed by atoms with Gasteiger partial charge >= 0.3 is 0 Å². The zero-order valence-electron chi connectivity index (χ0n) is 30.2. The van der Waals surface area contributed by atoms with Gasteiger partial charge < -0.3 is 0 Å². The zero-order chi connectivity index (χ0) is 36.6. The number of aromatic nitrogens is 3. The first kappa shape index (κ1) is 38.2. The normalized spacial score (nSPS) is 10.0. The van der Waals surface area contributed by atoms with E-state index in [9.17, 15) is 0 Å². The smallest absolute Gasteiger partial charge is 0.0702 e. The van der Waals surface area contributed by atoms with E-state index < -0.39 is 0 Å². The van der Waals surface area contributed by atoms with Crippen LogP contribution < -0.4 is 0 Å². The Morgan fingerprint density at radius 1 is 0.182 bits per heavy atom. The van der Waals surface area contributed by atoms with Gasteiger partial charge in [0.1, 0.15) is 0 Å². The van der Waals surface area contributed by atoms with Crippen molar-refractivity contribution >= 4 is 0 Å². The molecular formula is C51H39IrN3. The topological polar surface area (TPSA) is 38.7 Å². The fourth-order valence-corrected chi connectivity index (χ4v) is 5.92. The van der Waals surface area contributed by atoms with E-state index in [1.54, 1.807) is 0 Å². The molecule has 9 rings (SSSR count). The van der Waals surface area contributed by atoms with Crippen molar-refractivity contribution in [2.24, 2.45) is 0 Å². The number of pyridine rings is 3. The van der Waals surface area contributed by atoms with Crippen LogP contribution in [-0.4, -0.2) is 15.0 Å². The molecule has 1 radical (unpaired) electrons. The van der Waals surface area contributed by atoms with Crippen molar-refractivity contribution in [1.29, 1.82) is 0 Å². The molecule has 0 bridgehead atoms. The van der Waals surface area contributed by atoms with Crippen molar-refractivity contribution in [2.45, 2.75) is 0 Å². The van der Waals surface area contributed by atoms with Gasteiger partial charge in [-0.1, -0.05) is 200 Å². The molecular weight excluding hydrogens is 847 g/mol. The average molecular weight is 886 g/mol. The van der Waals surface area contributed by atoms with E-state index in [0.717, 1.165) is 50.5 Å². The second-order valence-electron chi connectivity index (χ2n) is 12.5. The molecule has 0 amide bonds. The Morgan fingerprint density at radius 2 is 0.382 bits per heavy atom. The maximum absolute atomic E-state index is 4.53. The SMILES string of the molecule is [Ir].c1ccc(-c2ccc(-c3ccccc3)nc2)cc1.c1ccc(-c2ccc(-c3ccccc3)nc2)cc1.c1ccc(-c2ccc(-c3ccccc3)nc2)cc1. The first-order valence-corrected chi connectivity index (χ1v) is 18.0. The molecule has 9 aromatic rings. The van der Waals surface area contributed by atoms with Gasteiger partial charge in [0.2, 0.25) is 0 Å². The Morgan fingerprint density at radius 3 is 0.564 bits per heavy atom. The molecule has 4 heteroatoms. The van der Waals surface area contributed by atoms with E-state index >= 15 is 0 Å². The minimum absolute atomic E-state index is 0. The fraction of sp³-hybridized carbons (Fsp3) is 0. The van der Waals surface area contributed by atoms with Crippen molar-refractivity contribution in [3.05, 3.63) is 237 Å². The van der Waals surface area contributed by atoms with Crippen molar-refractivity contribution in [2.75, 3.05) is 0 Å². The monoisotopic (exact) mass is 886 g/mol. The molecule has 0 spiro atoms. The summed E-state index contributed by atoms with van der Waals surface area (Å²) < 4.78 is 0. The van der Waals surface area contributed by atoms with Crippen molar-refractivity contribution in [3.8, 4) is 67.2 Å². The molecule has 0 aliphatic carbocycles. The van der Waals surface area contributed by atoms with E-state index in [1.165, 1.54) is 16.7 Å². The van der Waals surface area contributed by atoms with E-state index in [1.807, 2.05) is 128 Å². The van der Waals surface area contributed by atoms with Crippen LogP contribution in [0.2, 0.25) is 0 Å². The number of rotatable bonds is 6. The van der Waals surface area contributed by atoms with E-state index in [4.69, 9.17) is 0 Å². The molecule has 0 N–H and O–H groups in total. The third-order valence-electron chi connectivity index (χ3n) is 8.82. The van der Waals surface area contributed by atoms with Crippen molar-refractivity contribution in [3.63, 3.8) is 0 Å². The molecule has 267 valence electrons. The van der Waals surface area contributed by atoms with Gasteiger partial charge in [-0.2, -0.15) is 0 Å². The van der Waals surface area contributed by atoms with Crippen LogP contribution in [0, 0.1) is 0 Å². The maximum Gasteiger partial charge on any atom is 0.0702 e. The second-order valence-corrected chi connectivity index (χ2v) is 12.5. The van der Waals surface area contributed by atoms with Crippen molar-refractivity contribution in [1.82, 2.24) is 15.0 Å². The number of hydrogen-bond donors (Lipinski definition) is 0. The zero-order valence-corrected chi connectivity index (χ0v) is 32.6. The van der Waals surface area contributed by atoms with Gasteiger partial charge in [-0.15, -0.1) is 0 Å². The summed E-state index contributed by atoms with van der Waals surface area (Å²) in [6, 6.07) is 74.1. The molecule has 0 fully saturated rings. The number of benzene rings is 6. The molecule has 6 aromatic carbocycles. The van der Waals surface area contributed by atoms with Gasteiger partial charge in [-0.25, -0.2) is 0 Å². The van der Waals surface area contributed by atoms with E-state index in [-0.39, 0.29) is 20.1 Å². The fourth-order valence-electron chi connectivity index (χ4n) is 5.92. The molecule has 0 saturated heterocycles. The molecule has 3 aromatic heterocycles. The number of hydrogen-bond acceptors (Lipinski definition) is 3. The Labute approximate surface area is 337 Å². The summed E-state index contributed by atoms with van der Waals surface area (Å²) >= 11 is 0. The van der Waals surface area contributed by atoms with E-state index in [2.05, 4.69) is 124 Å². The summed E-state index contributed by atoms with van der Waals surface area (Å²) in [6.45, 7) is 0. The molecule has 0 aliphatic rings. The maximum atomic E-state index is 4.53. The molecule has 3 nitrogen and oxygen atoms in total. The van der Waals surface area contributed by atoms with Crippen LogP contribution in [0.5, 0.6) is 0 Å². The standard InChI is InChI=1S/3C17H13N.Ir/c3*1-3-7-14(8-4-1)16-11-12-17(18-13-16)15-9-5-2-6-10-15;/h3*1-13H;. The third-order valence-corrected chi connectivity index (χ3v) is 8.82. The van der Waals surface area contributed by atoms with Gasteiger partial charge in [0, 0.05) is 72.1 Å². The third kappa shape index (κ3) is 10.7. The summed E-state index contributed by atoms with van der Waals surface area (Å²) in [5.74, 6) is 0. The van der Waals surface area contributed by atoms with Gasteiger partial charge in [0.25, 0.3) is 0 Å². The molecule has 0 saturated carbocycles. The first-order valence-electron chi connectivity index (χ1n) is 18.0. The minimum atomic E-state index is 0. The Kier molecular flexibility index (Phi) is 13.9. The predicted molar refractivity (Wildman–Crippen MR) is 225 cm³/mol. The van der Waals surface area contributed by atoms with Crippen LogP contribution in [0.4, 0.5) is 0 Å². The number of nitrogens with zero attached hydrogens (tertiary/aromatic N) is 3. The van der Waals surface area contributed by atoms with Crippen LogP contribution in [0.25, 0.3) is 67.2 Å². The van der Waals surface area contributed by atoms with Crippen LogP contribution in [-0.2, 0) is 20.1 Å². The van der Waals surface area contributed by atoms with Crippen LogP contribution in [0.15, 0.2) is 237 Å². The summed E-state index contributed by atoms with van der Waals surface area (Å²) in [5.41, 5.74) is 13.5. The van der Waals surface area contributed by atoms with Crippen LogP contribution in [0.1, 0.15) is 0 Å². The Balaban J connectivity index is 0.000000139. The molecule has 55 heavy (non-hydrogen) atoms. The predicted octanol–water partition coefficient (Wildman–Crippen LogP) is 13.2. The van der Waals surface area contributed by atoms with Crippen LogP contribution >= 0.6 is 0 Å².